The Kier molecular flexibility index (Phi) is 9.14. The molecule has 2 N–H and O–H groups in total. The third kappa shape index (κ3) is 6.87. The lowest BCUT2D eigenvalue weighted by atomic mass is 10.0. The average Bonchev–Trinajstić information content (AvgIpc) is 3.58. The van der Waals surface area contributed by atoms with Crippen LogP contribution in [0.15, 0.2) is 119 Å². The molecule has 0 fully saturated rings. The van der Waals surface area contributed by atoms with Gasteiger partial charge in [0.2, 0.25) is 5.52 Å². The van der Waals surface area contributed by atoms with Crippen LogP contribution in [0.25, 0.3) is 38.5 Å². The van der Waals surface area contributed by atoms with E-state index in [0.29, 0.717) is 13.1 Å². The molecule has 5 aromatic rings. The van der Waals surface area contributed by atoms with Crippen LogP contribution in [-0.2, 0) is 16.1 Å². The molecule has 8 heteroatoms. The number of anilines is 1. The first-order valence-corrected chi connectivity index (χ1v) is 16.6. The fraction of sp³-hybridized carbons (Fsp3) is 0.162. The molecule has 0 unspecified atom stereocenters. The second-order valence-corrected chi connectivity index (χ2v) is 12.9. The summed E-state index contributed by atoms with van der Waals surface area (Å²) in [5.74, 6) is -1.67. The van der Waals surface area contributed by atoms with Gasteiger partial charge in [0.05, 0.1) is 17.1 Å². The minimum atomic E-state index is -0.835. The molecule has 226 valence electrons. The normalized spacial score (nSPS) is 13.8. The fourth-order valence-electron chi connectivity index (χ4n) is 5.48. The molecule has 0 spiro atoms. The molecule has 1 aromatic heterocycles. The predicted molar refractivity (Wildman–Crippen MR) is 183 cm³/mol. The van der Waals surface area contributed by atoms with Crippen molar-refractivity contribution in [2.75, 3.05) is 11.4 Å². The first-order chi connectivity index (χ1) is 21.9. The lowest BCUT2D eigenvalue weighted by molar-refractivity contribution is -0.667. The van der Waals surface area contributed by atoms with Crippen LogP contribution in [0.5, 0.6) is 0 Å². The van der Waals surface area contributed by atoms with E-state index in [9.17, 15) is 19.8 Å². The lowest BCUT2D eigenvalue weighted by Gasteiger charge is -2.20. The zero-order valence-corrected chi connectivity index (χ0v) is 26.5. The van der Waals surface area contributed by atoms with Crippen LogP contribution in [0, 0.1) is 0 Å². The minimum Gasteiger partial charge on any atom is -0.481 e. The number of benzene rings is 4. The smallest absolute Gasteiger partial charge is 0.309 e. The number of aliphatic carboxylic acids is 2. The van der Waals surface area contributed by atoms with Crippen LogP contribution in [-0.4, -0.2) is 28.7 Å². The molecule has 45 heavy (non-hydrogen) atoms. The third-order valence-corrected chi connectivity index (χ3v) is 10.0. The van der Waals surface area contributed by atoms with Crippen LogP contribution in [0.2, 0.25) is 0 Å². The summed E-state index contributed by atoms with van der Waals surface area (Å²) >= 11 is 3.30. The van der Waals surface area contributed by atoms with Gasteiger partial charge in [-0.15, -0.1) is 0 Å². The summed E-state index contributed by atoms with van der Waals surface area (Å²) < 4.78 is 3.20. The van der Waals surface area contributed by atoms with Crippen LogP contribution in [0.4, 0.5) is 5.69 Å². The molecule has 4 aromatic carbocycles. The molecule has 0 atom stereocenters. The van der Waals surface area contributed by atoms with E-state index >= 15 is 0 Å². The van der Waals surface area contributed by atoms with E-state index in [4.69, 9.17) is 0 Å². The fourth-order valence-corrected chi connectivity index (χ4v) is 7.77. The Morgan fingerprint density at radius 2 is 1.44 bits per heavy atom. The quantitative estimate of drug-likeness (QED) is 0.142. The summed E-state index contributed by atoms with van der Waals surface area (Å²) in [4.78, 5) is 26.4. The van der Waals surface area contributed by atoms with Crippen molar-refractivity contribution in [1.82, 2.24) is 0 Å². The maximum Gasteiger partial charge on any atom is 0.309 e. The molecule has 0 saturated carbocycles. The molecular weight excluding hydrogens is 601 g/mol. The number of fused-ring (bicyclic) bond motifs is 2. The Labute approximate surface area is 270 Å². The summed E-state index contributed by atoms with van der Waals surface area (Å²) in [6.07, 6.45) is 5.09. The van der Waals surface area contributed by atoms with Gasteiger partial charge in [-0.05, 0) is 58.5 Å². The highest BCUT2D eigenvalue weighted by Crippen LogP contribution is 2.48. The SMILES string of the molecule is CCC(/C=C1\Sc2ccc(-c3ccccc3)cc2N1CCC(=O)O)=C\c1sc2ccc(-c3ccccc3)cc2[n+]1CCC(=O)O. The predicted octanol–water partition coefficient (Wildman–Crippen LogP) is 8.72. The summed E-state index contributed by atoms with van der Waals surface area (Å²) in [5.41, 5.74) is 7.49. The van der Waals surface area contributed by atoms with Gasteiger partial charge in [-0.1, -0.05) is 103 Å². The number of thioether (sulfide) groups is 1. The Bertz CT molecular complexity index is 1930. The second kappa shape index (κ2) is 13.5. The van der Waals surface area contributed by atoms with Crippen LogP contribution < -0.4 is 9.47 Å². The van der Waals surface area contributed by atoms with E-state index in [1.165, 1.54) is 0 Å². The van der Waals surface area contributed by atoms with Gasteiger partial charge in [0.25, 0.3) is 5.01 Å². The number of carboxylic acids is 2. The van der Waals surface area contributed by atoms with Crippen molar-refractivity contribution in [3.63, 3.8) is 0 Å². The Morgan fingerprint density at radius 1 is 0.800 bits per heavy atom. The van der Waals surface area contributed by atoms with Crippen LogP contribution in [0.1, 0.15) is 31.2 Å². The highest BCUT2D eigenvalue weighted by molar-refractivity contribution is 8.03. The van der Waals surface area contributed by atoms with Crippen LogP contribution in [0.3, 0.4) is 0 Å². The molecule has 1 aliphatic rings. The first kappa shape index (κ1) is 30.4. The second-order valence-electron chi connectivity index (χ2n) is 10.8. The van der Waals surface area contributed by atoms with Crippen molar-refractivity contribution in [2.45, 2.75) is 37.6 Å². The Hall–Kier alpha value is -4.66. The molecule has 6 nitrogen and oxygen atoms in total. The molecular formula is C37H33N2O4S2+. The number of allylic oxidation sites excluding steroid dienone is 2. The number of rotatable bonds is 11. The summed E-state index contributed by atoms with van der Waals surface area (Å²) in [6, 6.07) is 33.1. The highest BCUT2D eigenvalue weighted by Gasteiger charge is 2.27. The van der Waals surface area contributed by atoms with E-state index in [-0.39, 0.29) is 12.8 Å². The molecule has 0 radical (unpaired) electrons. The summed E-state index contributed by atoms with van der Waals surface area (Å²) in [7, 11) is 0. The number of nitrogens with zero attached hydrogens (tertiary/aromatic N) is 2. The van der Waals surface area contributed by atoms with Crippen LogP contribution >= 0.6 is 23.1 Å². The van der Waals surface area contributed by atoms with Gasteiger partial charge >= 0.3 is 11.9 Å². The van der Waals surface area contributed by atoms with Gasteiger partial charge < -0.3 is 15.1 Å². The van der Waals surface area contributed by atoms with Crippen molar-refractivity contribution in [3.8, 4) is 22.3 Å². The Balaban J connectivity index is 1.40. The number of carboxylic acid groups (broad SMARTS) is 2. The molecule has 1 aliphatic heterocycles. The summed E-state index contributed by atoms with van der Waals surface area (Å²) in [5, 5.41) is 21.0. The number of aromatic nitrogens is 1. The standard InChI is InChI=1S/C37H32N2O4S2/c1-2-25(21-34-38(19-17-36(40)41)30-23-28(13-15-32(30)44-34)26-9-5-3-6-10-26)22-35-39(20-18-37(42)43)31-24-29(14-16-33(31)45-35)27-11-7-4-8-12-27/h3-16,21-24H,2,17-20H2,1H3,(H-,40,41,42,43)/p+1. The zero-order chi connectivity index (χ0) is 31.3. The molecule has 2 heterocycles. The number of aryl methyl sites for hydroxylation is 1. The summed E-state index contributed by atoms with van der Waals surface area (Å²) in [6.45, 7) is 2.83. The average molecular weight is 634 g/mol. The third-order valence-electron chi connectivity index (χ3n) is 7.80. The van der Waals surface area contributed by atoms with E-state index in [1.54, 1.807) is 23.1 Å². The molecule has 0 amide bonds. The molecule has 0 aliphatic carbocycles. The van der Waals surface area contributed by atoms with Crippen molar-refractivity contribution >= 4 is 57.0 Å². The molecule has 0 saturated heterocycles. The molecule has 6 rings (SSSR count). The number of thiazole rings is 1. The van der Waals surface area contributed by atoms with Gasteiger partial charge in [-0.2, -0.15) is 4.57 Å². The van der Waals surface area contributed by atoms with E-state index in [1.807, 2.05) is 36.4 Å². The zero-order valence-electron chi connectivity index (χ0n) is 24.8. The van der Waals surface area contributed by atoms with Gasteiger partial charge in [-0.25, -0.2) is 0 Å². The largest absolute Gasteiger partial charge is 0.481 e. The van der Waals surface area contributed by atoms with E-state index < -0.39 is 11.9 Å². The molecule has 0 bridgehead atoms. The maximum absolute atomic E-state index is 11.6. The Morgan fingerprint density at radius 3 is 2.09 bits per heavy atom. The van der Waals surface area contributed by atoms with E-state index in [2.05, 4.69) is 89.2 Å². The van der Waals surface area contributed by atoms with Gasteiger partial charge in [0.1, 0.15) is 11.1 Å². The maximum atomic E-state index is 11.6. The van der Waals surface area contributed by atoms with Gasteiger partial charge in [0, 0.05) is 23.6 Å². The number of hydrogen-bond donors (Lipinski definition) is 2. The van der Waals surface area contributed by atoms with Gasteiger partial charge in [0.15, 0.2) is 6.54 Å². The van der Waals surface area contributed by atoms with Crippen molar-refractivity contribution < 1.29 is 24.4 Å². The minimum absolute atomic E-state index is 0.0212. The topological polar surface area (TPSA) is 81.7 Å². The number of hydrogen-bond acceptors (Lipinski definition) is 5. The first-order valence-electron chi connectivity index (χ1n) is 14.9. The lowest BCUT2D eigenvalue weighted by Crippen LogP contribution is -2.36. The van der Waals surface area contributed by atoms with E-state index in [0.717, 1.165) is 65.1 Å². The van der Waals surface area contributed by atoms with Gasteiger partial charge in [-0.3, -0.25) is 9.59 Å². The van der Waals surface area contributed by atoms with Crippen molar-refractivity contribution in [3.05, 3.63) is 119 Å². The van der Waals surface area contributed by atoms with Crippen molar-refractivity contribution in [2.24, 2.45) is 0 Å². The number of carbonyl (C=O) groups is 2. The highest BCUT2D eigenvalue weighted by atomic mass is 32.2. The van der Waals surface area contributed by atoms with Crippen molar-refractivity contribution in [1.29, 1.82) is 0 Å². The monoisotopic (exact) mass is 633 g/mol.